The fraction of sp³-hybridized carbons (Fsp3) is 0.600. The third-order valence-electron chi connectivity index (χ3n) is 6.21. The lowest BCUT2D eigenvalue weighted by Gasteiger charge is -2.33. The second-order valence-electron chi connectivity index (χ2n) is 7.45. The highest BCUT2D eigenvalue weighted by Crippen LogP contribution is 2.56. The normalized spacial score (nSPS) is 32.2. The Morgan fingerprint density at radius 2 is 1.64 bits per heavy atom. The molecule has 116 valence electrons. The number of ketones is 2. The van der Waals surface area contributed by atoms with Gasteiger partial charge in [0.15, 0.2) is 11.6 Å². The maximum absolute atomic E-state index is 13.0. The molecule has 3 aliphatic carbocycles. The van der Waals surface area contributed by atoms with Crippen LogP contribution >= 0.6 is 0 Å². The van der Waals surface area contributed by atoms with Crippen LogP contribution in [-0.2, 0) is 6.42 Å². The molecule has 0 saturated heterocycles. The second-order valence-corrected chi connectivity index (χ2v) is 7.45. The van der Waals surface area contributed by atoms with Gasteiger partial charge in [-0.2, -0.15) is 0 Å². The quantitative estimate of drug-likeness (QED) is 0.769. The smallest absolute Gasteiger partial charge is 0.167 e. The van der Waals surface area contributed by atoms with E-state index in [2.05, 4.69) is 13.0 Å². The summed E-state index contributed by atoms with van der Waals surface area (Å²) in [5.74, 6) is 1.48. The zero-order valence-electron chi connectivity index (χ0n) is 13.3. The average Bonchev–Trinajstić information content (AvgIpc) is 3.14. The first kappa shape index (κ1) is 14.2. The standard InChI is InChI=1S/C20H24O2/c1-2-3-4-5-12-6-9-15-16(10-12)20(22)18-14-8-7-13(11-14)17(18)19(15)21/h6,9-10,13-14,17-18H,2-5,7-8,11H2,1H3. The number of carbonyl (C=O) groups is 2. The Labute approximate surface area is 132 Å². The van der Waals surface area contributed by atoms with Gasteiger partial charge in [-0.05, 0) is 55.6 Å². The van der Waals surface area contributed by atoms with Crippen LogP contribution in [-0.4, -0.2) is 11.6 Å². The van der Waals surface area contributed by atoms with Crippen molar-refractivity contribution in [2.45, 2.75) is 51.9 Å². The molecular formula is C20H24O2. The maximum Gasteiger partial charge on any atom is 0.167 e. The highest BCUT2D eigenvalue weighted by Gasteiger charge is 2.56. The van der Waals surface area contributed by atoms with E-state index in [9.17, 15) is 9.59 Å². The van der Waals surface area contributed by atoms with Crippen LogP contribution in [0.5, 0.6) is 0 Å². The van der Waals surface area contributed by atoms with Crippen LogP contribution in [0, 0.1) is 23.7 Å². The van der Waals surface area contributed by atoms with Crippen molar-refractivity contribution in [3.8, 4) is 0 Å². The van der Waals surface area contributed by atoms with Gasteiger partial charge in [0.25, 0.3) is 0 Å². The summed E-state index contributed by atoms with van der Waals surface area (Å²) in [6, 6.07) is 6.01. The van der Waals surface area contributed by atoms with Crippen molar-refractivity contribution in [1.82, 2.24) is 0 Å². The summed E-state index contributed by atoms with van der Waals surface area (Å²) in [5, 5.41) is 0. The number of fused-ring (bicyclic) bond motifs is 6. The SMILES string of the molecule is CCCCCc1ccc2c(c1)C(=O)C1C3CCC(C3)C1C2=O. The summed E-state index contributed by atoms with van der Waals surface area (Å²) in [6.07, 6.45) is 8.00. The first-order chi connectivity index (χ1) is 10.7. The Morgan fingerprint density at radius 1 is 0.955 bits per heavy atom. The number of rotatable bonds is 4. The van der Waals surface area contributed by atoms with Crippen molar-refractivity contribution in [3.63, 3.8) is 0 Å². The zero-order valence-corrected chi connectivity index (χ0v) is 13.3. The Kier molecular flexibility index (Phi) is 3.43. The molecule has 4 rings (SSSR count). The van der Waals surface area contributed by atoms with Crippen molar-refractivity contribution in [3.05, 3.63) is 34.9 Å². The van der Waals surface area contributed by atoms with Crippen molar-refractivity contribution >= 4 is 11.6 Å². The van der Waals surface area contributed by atoms with E-state index in [4.69, 9.17) is 0 Å². The van der Waals surface area contributed by atoms with E-state index < -0.39 is 0 Å². The molecule has 0 spiro atoms. The molecular weight excluding hydrogens is 272 g/mol. The topological polar surface area (TPSA) is 34.1 Å². The predicted molar refractivity (Wildman–Crippen MR) is 86.1 cm³/mol. The fourth-order valence-corrected chi connectivity index (χ4v) is 5.15. The summed E-state index contributed by atoms with van der Waals surface area (Å²) in [7, 11) is 0. The molecule has 0 radical (unpaired) electrons. The van der Waals surface area contributed by atoms with Gasteiger partial charge in [0.05, 0.1) is 0 Å². The first-order valence-corrected chi connectivity index (χ1v) is 8.92. The third-order valence-corrected chi connectivity index (χ3v) is 6.21. The van der Waals surface area contributed by atoms with Crippen LogP contribution < -0.4 is 0 Å². The van der Waals surface area contributed by atoms with E-state index in [0.717, 1.165) is 37.7 Å². The summed E-state index contributed by atoms with van der Waals surface area (Å²) < 4.78 is 0. The van der Waals surface area contributed by atoms with E-state index in [0.29, 0.717) is 17.4 Å². The molecule has 0 amide bonds. The monoisotopic (exact) mass is 296 g/mol. The van der Waals surface area contributed by atoms with Gasteiger partial charge in [0.1, 0.15) is 0 Å². The van der Waals surface area contributed by atoms with Crippen LogP contribution in [0.3, 0.4) is 0 Å². The van der Waals surface area contributed by atoms with E-state index >= 15 is 0 Å². The van der Waals surface area contributed by atoms with E-state index in [1.54, 1.807) is 0 Å². The van der Waals surface area contributed by atoms with Gasteiger partial charge in [-0.15, -0.1) is 0 Å². The zero-order chi connectivity index (χ0) is 15.3. The van der Waals surface area contributed by atoms with Gasteiger partial charge in [-0.25, -0.2) is 0 Å². The van der Waals surface area contributed by atoms with Crippen molar-refractivity contribution in [2.24, 2.45) is 23.7 Å². The molecule has 4 atom stereocenters. The molecule has 3 aliphatic rings. The predicted octanol–water partition coefficient (Wildman–Crippen LogP) is 4.46. The number of carbonyl (C=O) groups excluding carboxylic acids is 2. The maximum atomic E-state index is 13.0. The van der Waals surface area contributed by atoms with E-state index in [1.807, 2.05) is 12.1 Å². The molecule has 22 heavy (non-hydrogen) atoms. The summed E-state index contributed by atoms with van der Waals surface area (Å²) in [5.41, 5.74) is 2.65. The molecule has 0 N–H and O–H groups in total. The van der Waals surface area contributed by atoms with Crippen LogP contribution in [0.25, 0.3) is 0 Å². The van der Waals surface area contributed by atoms with Crippen LogP contribution in [0.15, 0.2) is 18.2 Å². The van der Waals surface area contributed by atoms with Gasteiger partial charge in [-0.3, -0.25) is 9.59 Å². The van der Waals surface area contributed by atoms with Crippen LogP contribution in [0.1, 0.15) is 71.7 Å². The number of hydrogen-bond acceptors (Lipinski definition) is 2. The molecule has 2 saturated carbocycles. The van der Waals surface area contributed by atoms with Crippen LogP contribution in [0.2, 0.25) is 0 Å². The molecule has 0 heterocycles. The van der Waals surface area contributed by atoms with E-state index in [1.165, 1.54) is 18.4 Å². The lowest BCUT2D eigenvalue weighted by molar-refractivity contribution is 0.0661. The molecule has 1 aromatic rings. The molecule has 0 aliphatic heterocycles. The molecule has 4 unspecified atom stereocenters. The van der Waals surface area contributed by atoms with Gasteiger partial charge in [-0.1, -0.05) is 31.9 Å². The lowest BCUT2D eigenvalue weighted by atomic mass is 9.67. The summed E-state index contributed by atoms with van der Waals surface area (Å²) in [4.78, 5) is 25.8. The van der Waals surface area contributed by atoms with Crippen molar-refractivity contribution in [2.75, 3.05) is 0 Å². The Bertz CT molecular complexity index is 631. The summed E-state index contributed by atoms with van der Waals surface area (Å²) >= 11 is 0. The summed E-state index contributed by atoms with van der Waals surface area (Å²) in [6.45, 7) is 2.20. The van der Waals surface area contributed by atoms with Crippen molar-refractivity contribution < 1.29 is 9.59 Å². The molecule has 2 fully saturated rings. The average molecular weight is 296 g/mol. The van der Waals surface area contributed by atoms with Gasteiger partial charge >= 0.3 is 0 Å². The first-order valence-electron chi connectivity index (χ1n) is 8.92. The minimum atomic E-state index is 0.00430. The number of unbranched alkanes of at least 4 members (excludes halogenated alkanes) is 2. The lowest BCUT2D eigenvalue weighted by Crippen LogP contribution is -2.40. The largest absolute Gasteiger partial charge is 0.294 e. The van der Waals surface area contributed by atoms with Gasteiger partial charge in [0.2, 0.25) is 0 Å². The minimum absolute atomic E-state index is 0.00430. The number of Topliss-reactive ketones (excluding diaryl/α,β-unsaturated/α-hetero) is 2. The van der Waals surface area contributed by atoms with Gasteiger partial charge < -0.3 is 0 Å². The molecule has 2 bridgehead atoms. The molecule has 1 aromatic carbocycles. The molecule has 2 nitrogen and oxygen atoms in total. The number of aryl methyl sites for hydroxylation is 1. The van der Waals surface area contributed by atoms with Crippen molar-refractivity contribution in [1.29, 1.82) is 0 Å². The minimum Gasteiger partial charge on any atom is -0.294 e. The highest BCUT2D eigenvalue weighted by atomic mass is 16.1. The highest BCUT2D eigenvalue weighted by molar-refractivity contribution is 6.16. The Hall–Kier alpha value is -1.44. The van der Waals surface area contributed by atoms with Gasteiger partial charge in [0, 0.05) is 23.0 Å². The second kappa shape index (κ2) is 5.33. The molecule has 0 aromatic heterocycles. The number of hydrogen-bond donors (Lipinski definition) is 0. The number of benzene rings is 1. The Balaban J connectivity index is 1.67. The van der Waals surface area contributed by atoms with Crippen LogP contribution in [0.4, 0.5) is 0 Å². The van der Waals surface area contributed by atoms with E-state index in [-0.39, 0.29) is 23.4 Å². The molecule has 2 heteroatoms. The third kappa shape index (κ3) is 2.00. The Morgan fingerprint density at radius 3 is 2.32 bits per heavy atom. The fourth-order valence-electron chi connectivity index (χ4n) is 5.15.